The quantitative estimate of drug-likeness (QED) is 0.0910. The van der Waals surface area contributed by atoms with E-state index in [9.17, 15) is 58.2 Å². The minimum atomic E-state index is -2.96. The third-order valence-corrected chi connectivity index (χ3v) is 15.1. The Morgan fingerprint density at radius 3 is 1.45 bits per heavy atom. The van der Waals surface area contributed by atoms with Crippen LogP contribution in [0.4, 0.5) is 0 Å². The lowest BCUT2D eigenvalue weighted by Crippen LogP contribution is -2.54. The van der Waals surface area contributed by atoms with Crippen LogP contribution < -0.4 is 16.0 Å². The standard InChI is InChI=1S/C40H67N7O12S/c1-27(2)42-37(56)30(23-41-36(55)28-9-11-29(12-10-28)60(59,39(3,4)5)40(6,7)8)43-32(48)14-13-31(38(57)58)47-21-19-45(25-34(51)52)17-15-44(24-33(49)50)16-18-46(20-22-47)26-35(53)54/h9-12,27,30-31,60H,13-26H2,1-8H3,(H,41,55)(H,42,56)(H,43,48)(H,49,50)(H,51,52)(H,53,54)(H,57,58)/t30-,31+/m1/s1. The predicted molar refractivity (Wildman–Crippen MR) is 226 cm³/mol. The third kappa shape index (κ3) is 16.2. The normalized spacial score (nSPS) is 17.4. The molecule has 0 aromatic heterocycles. The SMILES string of the molecule is CC(C)NC(=O)[C@@H](CNC(=O)c1ccc([SH](=O)(C(C)(C)C)C(C)(C)C)cc1)NC(=O)CC[C@@H](C(=O)O)N1CCN(CC(=O)O)CCN(CC(=O)O)CCN(CC(=O)O)CC1. The van der Waals surface area contributed by atoms with E-state index in [-0.39, 0.29) is 89.9 Å². The van der Waals surface area contributed by atoms with Gasteiger partial charge in [-0.1, -0.05) is 51.5 Å². The maximum atomic E-state index is 14.4. The van der Waals surface area contributed by atoms with Gasteiger partial charge in [-0.15, -0.1) is 0 Å². The van der Waals surface area contributed by atoms with Gasteiger partial charge < -0.3 is 36.4 Å². The predicted octanol–water partition coefficient (Wildman–Crippen LogP) is 0.107. The van der Waals surface area contributed by atoms with E-state index in [1.54, 1.807) is 57.7 Å². The molecule has 0 aliphatic carbocycles. The number of thiol groups is 1. The van der Waals surface area contributed by atoms with Crippen LogP contribution in [0.1, 0.15) is 78.6 Å². The largest absolute Gasteiger partial charge is 0.480 e. The van der Waals surface area contributed by atoms with Crippen LogP contribution in [0.15, 0.2) is 29.2 Å². The number of nitrogens with zero attached hydrogens (tertiary/aromatic N) is 4. The van der Waals surface area contributed by atoms with Crippen LogP contribution >= 0.6 is 0 Å². The van der Waals surface area contributed by atoms with Gasteiger partial charge in [-0.3, -0.25) is 57.4 Å². The zero-order chi connectivity index (χ0) is 45.6. The van der Waals surface area contributed by atoms with Crippen molar-refractivity contribution < 1.29 is 58.2 Å². The van der Waals surface area contributed by atoms with Crippen molar-refractivity contribution in [3.63, 3.8) is 0 Å². The van der Waals surface area contributed by atoms with Gasteiger partial charge in [0.15, 0.2) is 0 Å². The molecule has 0 bridgehead atoms. The summed E-state index contributed by atoms with van der Waals surface area (Å²) in [6, 6.07) is 3.68. The van der Waals surface area contributed by atoms with Gasteiger partial charge in [0.1, 0.15) is 12.1 Å². The second kappa shape index (κ2) is 22.9. The lowest BCUT2D eigenvalue weighted by Gasteiger charge is -2.46. The first-order valence-corrected chi connectivity index (χ1v) is 21.8. The first-order valence-electron chi connectivity index (χ1n) is 20.1. The molecule has 7 N–H and O–H groups in total. The molecule has 20 heteroatoms. The number of amides is 3. The molecule has 1 aliphatic rings. The van der Waals surface area contributed by atoms with Crippen LogP contribution in [0.3, 0.4) is 0 Å². The summed E-state index contributed by atoms with van der Waals surface area (Å²) < 4.78 is 13.3. The summed E-state index contributed by atoms with van der Waals surface area (Å²) in [5.74, 6) is -6.42. The van der Waals surface area contributed by atoms with Crippen LogP contribution in [0, 0.1) is 0 Å². The number of hydrogen-bond acceptors (Lipinski definition) is 12. The summed E-state index contributed by atoms with van der Waals surface area (Å²) in [5.41, 5.74) is 0.249. The molecule has 0 spiro atoms. The van der Waals surface area contributed by atoms with E-state index in [2.05, 4.69) is 16.0 Å². The summed E-state index contributed by atoms with van der Waals surface area (Å²) in [6.07, 6.45) is -0.576. The van der Waals surface area contributed by atoms with Crippen molar-refractivity contribution in [1.82, 2.24) is 35.6 Å². The van der Waals surface area contributed by atoms with E-state index < -0.39 is 86.2 Å². The maximum absolute atomic E-state index is 14.4. The molecule has 340 valence electrons. The molecule has 1 fully saturated rings. The van der Waals surface area contributed by atoms with Crippen molar-refractivity contribution >= 4 is 51.5 Å². The van der Waals surface area contributed by atoms with Crippen molar-refractivity contribution in [2.75, 3.05) is 78.5 Å². The fraction of sp³-hybridized carbons (Fsp3) is 0.675. The number of hydrogen-bond donors (Lipinski definition) is 8. The van der Waals surface area contributed by atoms with Gasteiger partial charge in [-0.25, -0.2) is 0 Å². The van der Waals surface area contributed by atoms with Crippen molar-refractivity contribution in [1.29, 1.82) is 0 Å². The number of carboxylic acid groups (broad SMARTS) is 4. The number of carbonyl (C=O) groups is 7. The highest BCUT2D eigenvalue weighted by Crippen LogP contribution is 2.42. The fourth-order valence-electron chi connectivity index (χ4n) is 7.40. The number of carboxylic acids is 4. The Hall–Kier alpha value is -4.50. The average molecular weight is 870 g/mol. The minimum Gasteiger partial charge on any atom is -0.480 e. The van der Waals surface area contributed by atoms with Crippen LogP contribution in [-0.4, -0.2) is 192 Å². The van der Waals surface area contributed by atoms with Crippen LogP contribution in [-0.2, 0) is 38.7 Å². The smallest absolute Gasteiger partial charge is 0.320 e. The molecule has 60 heavy (non-hydrogen) atoms. The lowest BCUT2D eigenvalue weighted by molar-refractivity contribution is -0.145. The third-order valence-electron chi connectivity index (χ3n) is 10.3. The maximum Gasteiger partial charge on any atom is 0.320 e. The Labute approximate surface area is 353 Å². The number of nitrogens with one attached hydrogen (secondary N) is 3. The molecule has 1 aromatic carbocycles. The summed E-state index contributed by atoms with van der Waals surface area (Å²) >= 11 is 0. The first-order chi connectivity index (χ1) is 27.7. The zero-order valence-electron chi connectivity index (χ0n) is 36.2. The lowest BCUT2D eigenvalue weighted by atomic mass is 10.1. The number of benzene rings is 1. The van der Waals surface area contributed by atoms with Crippen LogP contribution in [0.5, 0.6) is 0 Å². The van der Waals surface area contributed by atoms with Crippen molar-refractivity contribution in [2.24, 2.45) is 0 Å². The molecule has 3 amide bonds. The molecule has 1 heterocycles. The molecule has 1 aromatic rings. The highest BCUT2D eigenvalue weighted by atomic mass is 32.2. The molecule has 1 aliphatic heterocycles. The molecule has 0 radical (unpaired) electrons. The van der Waals surface area contributed by atoms with Gasteiger partial charge in [-0.05, 0) is 44.5 Å². The first kappa shape index (κ1) is 51.6. The van der Waals surface area contributed by atoms with Crippen LogP contribution in [0.25, 0.3) is 0 Å². The molecular weight excluding hydrogens is 803 g/mol. The second-order valence-electron chi connectivity index (χ2n) is 17.4. The number of carbonyl (C=O) groups excluding carboxylic acids is 3. The van der Waals surface area contributed by atoms with E-state index in [1.807, 2.05) is 41.5 Å². The van der Waals surface area contributed by atoms with E-state index >= 15 is 0 Å². The van der Waals surface area contributed by atoms with Crippen molar-refractivity contribution in [3.05, 3.63) is 29.8 Å². The van der Waals surface area contributed by atoms with E-state index in [0.29, 0.717) is 4.90 Å². The summed E-state index contributed by atoms with van der Waals surface area (Å²) in [4.78, 5) is 94.3. The van der Waals surface area contributed by atoms with Gasteiger partial charge in [-0.2, -0.15) is 0 Å². The van der Waals surface area contributed by atoms with Gasteiger partial charge in [0, 0.05) is 91.3 Å². The molecular formula is C40H67N7O12S. The fourth-order valence-corrected chi connectivity index (χ4v) is 11.5. The van der Waals surface area contributed by atoms with Gasteiger partial charge in [0.2, 0.25) is 11.8 Å². The number of aliphatic carboxylic acids is 4. The number of rotatable bonds is 18. The van der Waals surface area contributed by atoms with E-state index in [1.165, 1.54) is 0 Å². The Bertz CT molecular complexity index is 1660. The Morgan fingerprint density at radius 2 is 1.08 bits per heavy atom. The van der Waals surface area contributed by atoms with Gasteiger partial charge in [0.25, 0.3) is 5.91 Å². The van der Waals surface area contributed by atoms with E-state index in [0.717, 1.165) is 0 Å². The highest BCUT2D eigenvalue weighted by molar-refractivity contribution is 8.05. The molecule has 19 nitrogen and oxygen atoms in total. The Balaban J connectivity index is 2.26. The Morgan fingerprint density at radius 1 is 0.667 bits per heavy atom. The highest BCUT2D eigenvalue weighted by Gasteiger charge is 2.42. The topological polar surface area (TPSA) is 267 Å². The molecule has 2 atom stereocenters. The van der Waals surface area contributed by atoms with Gasteiger partial charge in [0.05, 0.1) is 19.6 Å². The monoisotopic (exact) mass is 869 g/mol. The summed E-state index contributed by atoms with van der Waals surface area (Å²) in [5, 5.41) is 46.8. The van der Waals surface area contributed by atoms with Crippen molar-refractivity contribution in [3.8, 4) is 0 Å². The van der Waals surface area contributed by atoms with Gasteiger partial charge >= 0.3 is 23.9 Å². The van der Waals surface area contributed by atoms with E-state index in [4.69, 9.17) is 0 Å². The minimum absolute atomic E-state index is 0.0299. The molecule has 0 unspecified atom stereocenters. The summed E-state index contributed by atoms with van der Waals surface area (Å²) in [6.45, 7) is 14.4. The second-order valence-corrected chi connectivity index (χ2v) is 21.8. The average Bonchev–Trinajstić information content (AvgIpc) is 3.11. The Kier molecular flexibility index (Phi) is 19.7. The molecule has 2 rings (SSSR count). The summed E-state index contributed by atoms with van der Waals surface area (Å²) in [7, 11) is -2.96. The molecule has 0 saturated carbocycles. The van der Waals surface area contributed by atoms with Crippen LogP contribution in [0.2, 0.25) is 0 Å². The molecule has 1 saturated heterocycles. The zero-order valence-corrected chi connectivity index (χ0v) is 37.1. The van der Waals surface area contributed by atoms with Crippen molar-refractivity contribution in [2.45, 2.75) is 101 Å².